The second kappa shape index (κ2) is 8.22. The van der Waals surface area contributed by atoms with Gasteiger partial charge in [0.25, 0.3) is 11.8 Å². The molecule has 30 heavy (non-hydrogen) atoms. The minimum absolute atomic E-state index is 0.243. The van der Waals surface area contributed by atoms with Crippen LogP contribution in [0.1, 0.15) is 40.7 Å². The molecule has 7 nitrogen and oxygen atoms in total. The molecule has 1 atom stereocenters. The van der Waals surface area contributed by atoms with Crippen LogP contribution in [0.3, 0.4) is 0 Å². The van der Waals surface area contributed by atoms with Crippen LogP contribution in [0, 0.1) is 12.7 Å². The molecule has 2 aliphatic heterocycles. The number of carbonyl (C=O) groups excluding carboxylic acids is 2. The Morgan fingerprint density at radius 2 is 2.07 bits per heavy atom. The van der Waals surface area contributed by atoms with Crippen molar-refractivity contribution in [2.45, 2.75) is 38.3 Å². The summed E-state index contributed by atoms with van der Waals surface area (Å²) in [4.78, 5) is 36.6. The van der Waals surface area contributed by atoms with Gasteiger partial charge in [0.2, 0.25) is 0 Å². The van der Waals surface area contributed by atoms with Crippen molar-refractivity contribution < 1.29 is 18.8 Å². The van der Waals surface area contributed by atoms with Gasteiger partial charge in [-0.25, -0.2) is 4.39 Å². The lowest BCUT2D eigenvalue weighted by atomic mass is 9.87. The summed E-state index contributed by atoms with van der Waals surface area (Å²) in [5.74, 6) is -0.930. The number of likely N-dealkylation sites (tertiary alicyclic amines) is 1. The van der Waals surface area contributed by atoms with Crippen LogP contribution >= 0.6 is 0 Å². The summed E-state index contributed by atoms with van der Waals surface area (Å²) >= 11 is 0. The minimum Gasteiger partial charge on any atom is -0.386 e. The average Bonchev–Trinajstić information content (AvgIpc) is 3.17. The molecule has 2 amide bonds. The number of benzene rings is 1. The normalized spacial score (nSPS) is 20.6. The third-order valence-corrected chi connectivity index (χ3v) is 5.55. The van der Waals surface area contributed by atoms with Crippen molar-refractivity contribution in [2.75, 3.05) is 13.1 Å². The summed E-state index contributed by atoms with van der Waals surface area (Å²) in [5, 5.41) is 6.85. The molecule has 8 heteroatoms. The zero-order valence-electron chi connectivity index (χ0n) is 16.7. The molecule has 1 spiro atoms. The molecular weight excluding hydrogens is 387 g/mol. The van der Waals surface area contributed by atoms with Crippen molar-refractivity contribution in [1.82, 2.24) is 15.2 Å². The fourth-order valence-corrected chi connectivity index (χ4v) is 3.83. The highest BCUT2D eigenvalue weighted by Crippen LogP contribution is 2.34. The first-order valence-corrected chi connectivity index (χ1v) is 9.93. The molecule has 3 heterocycles. The number of carbonyl (C=O) groups is 2. The maximum absolute atomic E-state index is 13.9. The number of oxime groups is 1. The fraction of sp³-hybridized carbons (Fsp3) is 0.364. The SMILES string of the molecule is Cc1ccc(C(=O)N2CCCC3(CC(C(=O)NCc4ccncc4)=NO3)C2)cc1F. The lowest BCUT2D eigenvalue weighted by molar-refractivity contribution is -0.115. The zero-order chi connectivity index (χ0) is 21.1. The Hall–Kier alpha value is -3.29. The van der Waals surface area contributed by atoms with Gasteiger partial charge in [-0.15, -0.1) is 0 Å². The van der Waals surface area contributed by atoms with E-state index < -0.39 is 11.4 Å². The Kier molecular flexibility index (Phi) is 5.48. The van der Waals surface area contributed by atoms with Gasteiger partial charge in [0.15, 0.2) is 5.60 Å². The predicted molar refractivity (Wildman–Crippen MR) is 108 cm³/mol. The Morgan fingerprint density at radius 3 is 2.83 bits per heavy atom. The summed E-state index contributed by atoms with van der Waals surface area (Å²) in [6.07, 6.45) is 5.09. The van der Waals surface area contributed by atoms with Crippen LogP contribution in [0.2, 0.25) is 0 Å². The number of pyridine rings is 1. The van der Waals surface area contributed by atoms with Gasteiger partial charge in [0.05, 0.1) is 6.54 Å². The van der Waals surface area contributed by atoms with E-state index in [-0.39, 0.29) is 11.8 Å². The molecule has 0 saturated carbocycles. The molecule has 2 aromatic rings. The van der Waals surface area contributed by atoms with Gasteiger partial charge in [-0.3, -0.25) is 14.6 Å². The number of rotatable bonds is 4. The van der Waals surface area contributed by atoms with Crippen LogP contribution < -0.4 is 5.32 Å². The molecular formula is C22H23FN4O3. The predicted octanol–water partition coefficient (Wildman–Crippen LogP) is 2.60. The van der Waals surface area contributed by atoms with E-state index in [0.29, 0.717) is 49.3 Å². The van der Waals surface area contributed by atoms with E-state index in [9.17, 15) is 14.0 Å². The van der Waals surface area contributed by atoms with Crippen molar-refractivity contribution in [3.63, 3.8) is 0 Å². The summed E-state index contributed by atoms with van der Waals surface area (Å²) in [6, 6.07) is 8.15. The van der Waals surface area contributed by atoms with E-state index in [4.69, 9.17) is 4.84 Å². The number of hydrogen-bond acceptors (Lipinski definition) is 5. The van der Waals surface area contributed by atoms with Gasteiger partial charge < -0.3 is 15.1 Å². The molecule has 156 valence electrons. The van der Waals surface area contributed by atoms with Gasteiger partial charge in [0, 0.05) is 37.5 Å². The summed E-state index contributed by atoms with van der Waals surface area (Å²) in [7, 11) is 0. The van der Waals surface area contributed by atoms with Crippen molar-refractivity contribution in [1.29, 1.82) is 0 Å². The highest BCUT2D eigenvalue weighted by atomic mass is 19.1. The largest absolute Gasteiger partial charge is 0.386 e. The minimum atomic E-state index is -0.708. The Bertz CT molecular complexity index is 995. The van der Waals surface area contributed by atoms with Gasteiger partial charge >= 0.3 is 0 Å². The molecule has 1 saturated heterocycles. The van der Waals surface area contributed by atoms with E-state index in [1.165, 1.54) is 6.07 Å². The average molecular weight is 410 g/mol. The van der Waals surface area contributed by atoms with Gasteiger partial charge in [-0.2, -0.15) is 0 Å². The summed E-state index contributed by atoms with van der Waals surface area (Å²) < 4.78 is 13.9. The van der Waals surface area contributed by atoms with E-state index in [1.54, 1.807) is 36.4 Å². The molecule has 4 rings (SSSR count). The molecule has 1 aromatic carbocycles. The number of amides is 2. The topological polar surface area (TPSA) is 83.9 Å². The third kappa shape index (κ3) is 4.17. The lowest BCUT2D eigenvalue weighted by Gasteiger charge is -2.38. The van der Waals surface area contributed by atoms with Crippen LogP contribution in [-0.2, 0) is 16.2 Å². The maximum atomic E-state index is 13.9. The summed E-state index contributed by atoms with van der Waals surface area (Å²) in [6.45, 7) is 2.90. The highest BCUT2D eigenvalue weighted by molar-refractivity contribution is 6.39. The maximum Gasteiger partial charge on any atom is 0.269 e. The van der Waals surface area contributed by atoms with Crippen LogP contribution in [0.5, 0.6) is 0 Å². The highest BCUT2D eigenvalue weighted by Gasteiger charge is 2.45. The van der Waals surface area contributed by atoms with Crippen LogP contribution in [-0.4, -0.2) is 46.1 Å². The molecule has 1 N–H and O–H groups in total. The van der Waals surface area contributed by atoms with Crippen LogP contribution in [0.25, 0.3) is 0 Å². The molecule has 1 fully saturated rings. The number of piperidine rings is 1. The molecule has 1 unspecified atom stereocenters. The number of nitrogens with one attached hydrogen (secondary N) is 1. The molecule has 2 aliphatic rings. The van der Waals surface area contributed by atoms with Gasteiger partial charge in [-0.1, -0.05) is 11.2 Å². The van der Waals surface area contributed by atoms with Crippen molar-refractivity contribution in [3.05, 3.63) is 65.2 Å². The van der Waals surface area contributed by atoms with Crippen LogP contribution in [0.15, 0.2) is 47.9 Å². The van der Waals surface area contributed by atoms with Gasteiger partial charge in [-0.05, 0) is 55.2 Å². The number of halogens is 1. The standard InChI is InChI=1S/C22H23FN4O3/c1-15-3-4-17(11-18(15)23)21(29)27-10-2-7-22(14-27)12-19(26-30-22)20(28)25-13-16-5-8-24-9-6-16/h3-6,8-9,11H,2,7,10,12-14H2,1H3,(H,25,28). The lowest BCUT2D eigenvalue weighted by Crippen LogP contribution is -2.51. The number of nitrogens with zero attached hydrogens (tertiary/aromatic N) is 3. The van der Waals surface area contributed by atoms with E-state index in [1.807, 2.05) is 12.1 Å². The molecule has 0 radical (unpaired) electrons. The van der Waals surface area contributed by atoms with Crippen molar-refractivity contribution >= 4 is 17.5 Å². The molecule has 0 bridgehead atoms. The second-order valence-corrected chi connectivity index (χ2v) is 7.82. The fourth-order valence-electron chi connectivity index (χ4n) is 3.83. The first kappa shape index (κ1) is 20.0. The number of aromatic nitrogens is 1. The first-order valence-electron chi connectivity index (χ1n) is 9.93. The second-order valence-electron chi connectivity index (χ2n) is 7.82. The zero-order valence-corrected chi connectivity index (χ0v) is 16.7. The monoisotopic (exact) mass is 410 g/mol. The van der Waals surface area contributed by atoms with Gasteiger partial charge in [0.1, 0.15) is 11.5 Å². The Labute approximate surface area is 173 Å². The number of hydrogen-bond donors (Lipinski definition) is 1. The molecule has 1 aromatic heterocycles. The molecule has 0 aliphatic carbocycles. The first-order chi connectivity index (χ1) is 14.5. The Balaban J connectivity index is 1.38. The third-order valence-electron chi connectivity index (χ3n) is 5.55. The van der Waals surface area contributed by atoms with Crippen molar-refractivity contribution in [3.8, 4) is 0 Å². The van der Waals surface area contributed by atoms with Crippen LogP contribution in [0.4, 0.5) is 4.39 Å². The number of aryl methyl sites for hydroxylation is 1. The van der Waals surface area contributed by atoms with E-state index in [0.717, 1.165) is 12.0 Å². The quantitative estimate of drug-likeness (QED) is 0.840. The van der Waals surface area contributed by atoms with E-state index >= 15 is 0 Å². The smallest absolute Gasteiger partial charge is 0.269 e. The van der Waals surface area contributed by atoms with Crippen molar-refractivity contribution in [2.24, 2.45) is 5.16 Å². The van der Waals surface area contributed by atoms with E-state index in [2.05, 4.69) is 15.5 Å². The Morgan fingerprint density at radius 1 is 1.27 bits per heavy atom. The summed E-state index contributed by atoms with van der Waals surface area (Å²) in [5.41, 5.74) is 1.36.